The number of rotatable bonds is 0. The van der Waals surface area contributed by atoms with Crippen LogP contribution in [0.2, 0.25) is 0 Å². The number of ether oxygens (including phenoxy) is 3. The lowest BCUT2D eigenvalue weighted by Gasteiger charge is -2.21. The fraction of sp³-hybridized carbons (Fsp3) is 0.235. The summed E-state index contributed by atoms with van der Waals surface area (Å²) < 4.78 is 16.7. The van der Waals surface area contributed by atoms with Gasteiger partial charge in [-0.2, -0.15) is 0 Å². The zero-order valence-electron chi connectivity index (χ0n) is 12.0. The van der Waals surface area contributed by atoms with Crippen LogP contribution in [0.1, 0.15) is 11.1 Å². The van der Waals surface area contributed by atoms with Crippen molar-refractivity contribution in [1.29, 1.82) is 0 Å². The Balaban J connectivity index is 1.80. The maximum atomic E-state index is 13.0. The number of benzene rings is 2. The van der Waals surface area contributed by atoms with Gasteiger partial charge in [-0.15, -0.1) is 0 Å². The minimum atomic E-state index is -0.776. The number of hydrogen-bond acceptors (Lipinski definition) is 4. The molecule has 0 bridgehead atoms. The van der Waals surface area contributed by atoms with Crippen molar-refractivity contribution in [2.24, 2.45) is 0 Å². The van der Waals surface area contributed by atoms with Crippen molar-refractivity contribution in [2.45, 2.75) is 5.41 Å². The number of fused-ring (bicyclic) bond motifs is 5. The second-order valence-corrected chi connectivity index (χ2v) is 5.78. The first-order valence-electron chi connectivity index (χ1n) is 7.16. The zero-order chi connectivity index (χ0) is 14.9. The Morgan fingerprint density at radius 3 is 2.64 bits per heavy atom. The Kier molecular flexibility index (Phi) is 2.02. The molecule has 0 saturated heterocycles. The summed E-state index contributed by atoms with van der Waals surface area (Å²) in [6.07, 6.45) is 0. The second kappa shape index (κ2) is 3.74. The van der Waals surface area contributed by atoms with Gasteiger partial charge in [-0.3, -0.25) is 4.79 Å². The molecule has 0 fully saturated rings. The first kappa shape index (κ1) is 11.9. The number of carbonyl (C=O) groups is 1. The highest BCUT2D eigenvalue weighted by molar-refractivity contribution is 6.11. The van der Waals surface area contributed by atoms with Crippen LogP contribution in [-0.2, 0) is 10.2 Å². The lowest BCUT2D eigenvalue weighted by atomic mass is 9.77. The van der Waals surface area contributed by atoms with Crippen LogP contribution in [0.25, 0.3) is 0 Å². The monoisotopic (exact) mass is 295 g/mol. The van der Waals surface area contributed by atoms with Crippen LogP contribution in [0.3, 0.4) is 0 Å². The van der Waals surface area contributed by atoms with E-state index < -0.39 is 5.41 Å². The van der Waals surface area contributed by atoms with E-state index in [1.165, 1.54) is 0 Å². The van der Waals surface area contributed by atoms with Gasteiger partial charge in [0, 0.05) is 24.4 Å². The van der Waals surface area contributed by atoms with Gasteiger partial charge < -0.3 is 19.1 Å². The van der Waals surface area contributed by atoms with Gasteiger partial charge in [0.05, 0.1) is 0 Å². The average molecular weight is 295 g/mol. The van der Waals surface area contributed by atoms with Crippen molar-refractivity contribution in [2.75, 3.05) is 25.3 Å². The minimum Gasteiger partial charge on any atom is -0.491 e. The fourth-order valence-electron chi connectivity index (χ4n) is 3.68. The number of nitrogens with zero attached hydrogens (tertiary/aromatic N) is 1. The first-order chi connectivity index (χ1) is 10.7. The Morgan fingerprint density at radius 1 is 1.00 bits per heavy atom. The highest BCUT2D eigenvalue weighted by Crippen LogP contribution is 2.54. The highest BCUT2D eigenvalue weighted by atomic mass is 16.7. The van der Waals surface area contributed by atoms with E-state index in [4.69, 9.17) is 14.2 Å². The van der Waals surface area contributed by atoms with Crippen LogP contribution in [0.15, 0.2) is 36.4 Å². The third kappa shape index (κ3) is 1.19. The van der Waals surface area contributed by atoms with Crippen LogP contribution in [0.4, 0.5) is 5.69 Å². The minimum absolute atomic E-state index is 0.0336. The molecule has 3 aliphatic rings. The molecule has 110 valence electrons. The smallest absolute Gasteiger partial charge is 0.245 e. The largest absolute Gasteiger partial charge is 0.491 e. The van der Waals surface area contributed by atoms with Crippen LogP contribution < -0.4 is 19.1 Å². The van der Waals surface area contributed by atoms with Crippen LogP contribution in [-0.4, -0.2) is 26.4 Å². The van der Waals surface area contributed by atoms with Crippen molar-refractivity contribution in [3.8, 4) is 17.2 Å². The van der Waals surface area contributed by atoms with Crippen LogP contribution in [0, 0.1) is 0 Å². The maximum absolute atomic E-state index is 13.0. The Labute approximate surface area is 127 Å². The van der Waals surface area contributed by atoms with Gasteiger partial charge in [0.25, 0.3) is 0 Å². The standard InChI is InChI=1S/C17H13NO4/c1-18-12-5-3-2-4-10(12)17(16(18)19)8-20-13-7-15-14(6-11(13)17)21-9-22-15/h2-7H,8-9H2,1H3/t17-/m0/s1. The topological polar surface area (TPSA) is 48.0 Å². The fourth-order valence-corrected chi connectivity index (χ4v) is 3.68. The Morgan fingerprint density at radius 2 is 1.77 bits per heavy atom. The molecule has 0 N–H and O–H groups in total. The number of anilines is 1. The van der Waals surface area contributed by atoms with E-state index in [-0.39, 0.29) is 12.7 Å². The molecular formula is C17H13NO4. The number of amides is 1. The molecule has 3 heterocycles. The number of carbonyl (C=O) groups excluding carboxylic acids is 1. The summed E-state index contributed by atoms with van der Waals surface area (Å²) >= 11 is 0. The van der Waals surface area contributed by atoms with Crippen molar-refractivity contribution in [3.63, 3.8) is 0 Å². The maximum Gasteiger partial charge on any atom is 0.245 e. The molecule has 0 aliphatic carbocycles. The van der Waals surface area contributed by atoms with Crippen molar-refractivity contribution in [3.05, 3.63) is 47.5 Å². The molecule has 1 spiro atoms. The Hall–Kier alpha value is -2.69. The molecule has 0 saturated carbocycles. The molecular weight excluding hydrogens is 282 g/mol. The lowest BCUT2D eigenvalue weighted by molar-refractivity contribution is -0.121. The highest BCUT2D eigenvalue weighted by Gasteiger charge is 2.56. The van der Waals surface area contributed by atoms with Crippen molar-refractivity contribution in [1.82, 2.24) is 0 Å². The van der Waals surface area contributed by atoms with E-state index in [9.17, 15) is 4.79 Å². The van der Waals surface area contributed by atoms with Gasteiger partial charge in [-0.1, -0.05) is 18.2 Å². The summed E-state index contributed by atoms with van der Waals surface area (Å²) in [4.78, 5) is 14.7. The molecule has 5 nitrogen and oxygen atoms in total. The van der Waals surface area contributed by atoms with E-state index >= 15 is 0 Å². The molecule has 5 rings (SSSR count). The zero-order valence-corrected chi connectivity index (χ0v) is 12.0. The average Bonchev–Trinajstić information content (AvgIpc) is 3.20. The summed E-state index contributed by atoms with van der Waals surface area (Å²) in [6.45, 7) is 0.515. The van der Waals surface area contributed by atoms with E-state index in [0.717, 1.165) is 16.8 Å². The van der Waals surface area contributed by atoms with Gasteiger partial charge in [-0.05, 0) is 17.7 Å². The molecule has 1 atom stereocenters. The number of para-hydroxylation sites is 1. The van der Waals surface area contributed by atoms with Crippen LogP contribution >= 0.6 is 0 Å². The van der Waals surface area contributed by atoms with E-state index in [1.807, 2.05) is 36.4 Å². The molecule has 5 heteroatoms. The van der Waals surface area contributed by atoms with E-state index in [0.29, 0.717) is 23.9 Å². The quantitative estimate of drug-likeness (QED) is 0.746. The lowest BCUT2D eigenvalue weighted by Crippen LogP contribution is -2.40. The number of hydrogen-bond donors (Lipinski definition) is 0. The third-order valence-corrected chi connectivity index (χ3v) is 4.77. The summed E-state index contributed by atoms with van der Waals surface area (Å²) in [5.74, 6) is 2.07. The molecule has 3 aliphatic heterocycles. The molecule has 0 unspecified atom stereocenters. The van der Waals surface area contributed by atoms with Gasteiger partial charge in [0.2, 0.25) is 12.7 Å². The summed E-state index contributed by atoms with van der Waals surface area (Å²) in [5.41, 5.74) is 2.00. The predicted molar refractivity (Wildman–Crippen MR) is 78.7 cm³/mol. The summed E-state index contributed by atoms with van der Waals surface area (Å²) in [6, 6.07) is 11.6. The van der Waals surface area contributed by atoms with Gasteiger partial charge >= 0.3 is 0 Å². The van der Waals surface area contributed by atoms with E-state index in [2.05, 4.69) is 0 Å². The normalized spacial score (nSPS) is 23.7. The van der Waals surface area contributed by atoms with Crippen molar-refractivity contribution < 1.29 is 19.0 Å². The predicted octanol–water partition coefficient (Wildman–Crippen LogP) is 2.07. The van der Waals surface area contributed by atoms with Crippen molar-refractivity contribution >= 4 is 11.6 Å². The number of likely N-dealkylation sites (N-methyl/N-ethyl adjacent to an activating group) is 1. The van der Waals surface area contributed by atoms with Gasteiger partial charge in [-0.25, -0.2) is 0 Å². The Bertz CT molecular complexity index is 831. The van der Waals surface area contributed by atoms with Gasteiger partial charge in [0.1, 0.15) is 17.8 Å². The molecule has 0 radical (unpaired) electrons. The molecule has 22 heavy (non-hydrogen) atoms. The van der Waals surface area contributed by atoms with Gasteiger partial charge in [0.15, 0.2) is 11.5 Å². The summed E-state index contributed by atoms with van der Waals surface area (Å²) in [7, 11) is 1.81. The molecule has 1 amide bonds. The second-order valence-electron chi connectivity index (χ2n) is 5.78. The van der Waals surface area contributed by atoms with Crippen LogP contribution in [0.5, 0.6) is 17.2 Å². The molecule has 0 aromatic heterocycles. The molecule has 2 aromatic rings. The SMILES string of the molecule is CN1C(=O)[C@@]2(COc3cc4c(cc32)OCO4)c2ccccc21. The van der Waals surface area contributed by atoms with E-state index in [1.54, 1.807) is 11.9 Å². The third-order valence-electron chi connectivity index (χ3n) is 4.77. The summed E-state index contributed by atoms with van der Waals surface area (Å²) in [5, 5.41) is 0. The first-order valence-corrected chi connectivity index (χ1v) is 7.16. The molecule has 2 aromatic carbocycles.